The summed E-state index contributed by atoms with van der Waals surface area (Å²) >= 11 is 0. The molecule has 1 aromatic carbocycles. The first-order valence-corrected chi connectivity index (χ1v) is 6.61. The molecule has 100 valence electrons. The van der Waals surface area contributed by atoms with Crippen molar-refractivity contribution in [3.8, 4) is 5.75 Å². The lowest BCUT2D eigenvalue weighted by Crippen LogP contribution is -2.22. The van der Waals surface area contributed by atoms with Crippen LogP contribution >= 0.6 is 0 Å². The number of nitrogens with zero attached hydrogens (tertiary/aromatic N) is 1. The van der Waals surface area contributed by atoms with Crippen molar-refractivity contribution in [1.29, 1.82) is 0 Å². The molecule has 7 heteroatoms. The van der Waals surface area contributed by atoms with Gasteiger partial charge in [-0.05, 0) is 12.1 Å². The maximum Gasteiger partial charge on any atom is 0.242 e. The molecule has 0 fully saturated rings. The lowest BCUT2D eigenvalue weighted by molar-refractivity contribution is -0.114. The lowest BCUT2D eigenvalue weighted by atomic mass is 10.3. The molecule has 0 atom stereocenters. The fraction of sp³-hybridized carbons (Fsp3) is 0.364. The number of anilines is 1. The fourth-order valence-electron chi connectivity index (χ4n) is 1.34. The van der Waals surface area contributed by atoms with Crippen molar-refractivity contribution in [2.75, 3.05) is 26.5 Å². The highest BCUT2D eigenvalue weighted by atomic mass is 32.2. The quantitative estimate of drug-likeness (QED) is 0.883. The molecule has 1 aromatic rings. The third kappa shape index (κ3) is 2.99. The molecule has 0 spiro atoms. The highest BCUT2D eigenvalue weighted by Crippen LogP contribution is 2.28. The molecular formula is C11H16N2O4S. The third-order valence-corrected chi connectivity index (χ3v) is 4.07. The first kappa shape index (κ1) is 14.5. The van der Waals surface area contributed by atoms with Crippen LogP contribution in [-0.2, 0) is 14.8 Å². The summed E-state index contributed by atoms with van der Waals surface area (Å²) in [5, 5.41) is 2.56. The van der Waals surface area contributed by atoms with Crippen molar-refractivity contribution in [2.24, 2.45) is 0 Å². The van der Waals surface area contributed by atoms with E-state index in [1.54, 1.807) is 0 Å². The Hall–Kier alpha value is -1.60. The molecule has 1 rings (SSSR count). The van der Waals surface area contributed by atoms with E-state index in [4.69, 9.17) is 4.74 Å². The minimum atomic E-state index is -3.51. The van der Waals surface area contributed by atoms with Crippen LogP contribution < -0.4 is 10.1 Å². The topological polar surface area (TPSA) is 75.7 Å². The summed E-state index contributed by atoms with van der Waals surface area (Å²) < 4.78 is 30.0. The molecule has 0 radical (unpaired) electrons. The minimum Gasteiger partial charge on any atom is -0.495 e. The molecule has 1 amide bonds. The second-order valence-corrected chi connectivity index (χ2v) is 5.98. The molecule has 0 heterocycles. The monoisotopic (exact) mass is 272 g/mol. The molecule has 18 heavy (non-hydrogen) atoms. The zero-order valence-electron chi connectivity index (χ0n) is 10.7. The summed E-state index contributed by atoms with van der Waals surface area (Å²) in [6, 6.07) is 4.29. The van der Waals surface area contributed by atoms with Crippen LogP contribution in [0.2, 0.25) is 0 Å². The largest absolute Gasteiger partial charge is 0.495 e. The Balaban J connectivity index is 3.26. The van der Waals surface area contributed by atoms with Crippen LogP contribution in [-0.4, -0.2) is 39.8 Å². The van der Waals surface area contributed by atoms with Crippen molar-refractivity contribution in [3.63, 3.8) is 0 Å². The Bertz CT molecular complexity index is 552. The number of carbonyl (C=O) groups excluding carboxylic acids is 1. The first-order chi connectivity index (χ1) is 8.28. The van der Waals surface area contributed by atoms with E-state index in [1.165, 1.54) is 46.3 Å². The fourth-order valence-corrected chi connectivity index (χ4v) is 2.25. The third-order valence-electron chi connectivity index (χ3n) is 2.26. The van der Waals surface area contributed by atoms with E-state index in [0.717, 1.165) is 4.31 Å². The average Bonchev–Trinajstić information content (AvgIpc) is 2.28. The van der Waals surface area contributed by atoms with E-state index < -0.39 is 10.0 Å². The molecule has 0 unspecified atom stereocenters. The standard InChI is InChI=1S/C11H16N2O4S/c1-8(14)12-10-6-5-9(7-11(10)17-4)18(15,16)13(2)3/h5-7H,1-4H3,(H,12,14). The Kier molecular flexibility index (Phi) is 4.31. The summed E-state index contributed by atoms with van der Waals surface area (Å²) in [7, 11) is 0.791. The summed E-state index contributed by atoms with van der Waals surface area (Å²) in [5.74, 6) is 0.0460. The summed E-state index contributed by atoms with van der Waals surface area (Å²) in [6.45, 7) is 1.36. The van der Waals surface area contributed by atoms with Crippen LogP contribution in [0, 0.1) is 0 Å². The number of nitrogens with one attached hydrogen (secondary N) is 1. The van der Waals surface area contributed by atoms with Crippen molar-refractivity contribution >= 4 is 21.6 Å². The average molecular weight is 272 g/mol. The number of sulfonamides is 1. The zero-order chi connectivity index (χ0) is 13.9. The number of hydrogen-bond acceptors (Lipinski definition) is 4. The van der Waals surface area contributed by atoms with Gasteiger partial charge in [-0.1, -0.05) is 0 Å². The number of methoxy groups -OCH3 is 1. The van der Waals surface area contributed by atoms with Gasteiger partial charge in [0.2, 0.25) is 15.9 Å². The Morgan fingerprint density at radius 1 is 1.33 bits per heavy atom. The molecule has 1 N–H and O–H groups in total. The van der Waals surface area contributed by atoms with Gasteiger partial charge in [0.05, 0.1) is 17.7 Å². The minimum absolute atomic E-state index is 0.110. The predicted octanol–water partition coefficient (Wildman–Crippen LogP) is 0.904. The SMILES string of the molecule is COc1cc(S(=O)(=O)N(C)C)ccc1NC(C)=O. The van der Waals surface area contributed by atoms with Crippen molar-refractivity contribution in [3.05, 3.63) is 18.2 Å². The molecule has 0 aromatic heterocycles. The summed E-state index contributed by atoms with van der Waals surface area (Å²) in [5.41, 5.74) is 0.433. The number of carbonyl (C=O) groups is 1. The second-order valence-electron chi connectivity index (χ2n) is 3.83. The Morgan fingerprint density at radius 2 is 1.94 bits per heavy atom. The number of benzene rings is 1. The van der Waals surface area contributed by atoms with Gasteiger partial charge in [0.15, 0.2) is 0 Å². The highest BCUT2D eigenvalue weighted by molar-refractivity contribution is 7.89. The molecule has 6 nitrogen and oxygen atoms in total. The van der Waals surface area contributed by atoms with Gasteiger partial charge >= 0.3 is 0 Å². The van der Waals surface area contributed by atoms with Crippen LogP contribution in [0.1, 0.15) is 6.92 Å². The summed E-state index contributed by atoms with van der Waals surface area (Å²) in [6.07, 6.45) is 0. The number of amides is 1. The van der Waals surface area contributed by atoms with E-state index >= 15 is 0 Å². The second kappa shape index (κ2) is 5.36. The van der Waals surface area contributed by atoms with Crippen molar-refractivity contribution in [1.82, 2.24) is 4.31 Å². The molecule has 0 aliphatic carbocycles. The molecule has 0 aliphatic heterocycles. The van der Waals surface area contributed by atoms with Gasteiger partial charge in [-0.2, -0.15) is 0 Å². The number of ether oxygens (including phenoxy) is 1. The van der Waals surface area contributed by atoms with Crippen molar-refractivity contribution < 1.29 is 17.9 Å². The van der Waals surface area contributed by atoms with Crippen LogP contribution in [0.3, 0.4) is 0 Å². The zero-order valence-corrected chi connectivity index (χ0v) is 11.5. The van der Waals surface area contributed by atoms with Gasteiger partial charge in [-0.3, -0.25) is 4.79 Å². The van der Waals surface area contributed by atoms with Gasteiger partial charge in [-0.15, -0.1) is 0 Å². The molecular weight excluding hydrogens is 256 g/mol. The number of rotatable bonds is 4. The van der Waals surface area contributed by atoms with Crippen LogP contribution in [0.4, 0.5) is 5.69 Å². The lowest BCUT2D eigenvalue weighted by Gasteiger charge is -2.14. The maximum atomic E-state index is 11.9. The van der Waals surface area contributed by atoms with Crippen molar-refractivity contribution in [2.45, 2.75) is 11.8 Å². The van der Waals surface area contributed by atoms with Gasteiger partial charge in [0.25, 0.3) is 0 Å². The summed E-state index contributed by atoms with van der Waals surface area (Å²) in [4.78, 5) is 11.1. The maximum absolute atomic E-state index is 11.9. The van der Waals surface area contributed by atoms with Gasteiger partial charge in [0.1, 0.15) is 5.75 Å². The van der Waals surface area contributed by atoms with Gasteiger partial charge < -0.3 is 10.1 Å². The Morgan fingerprint density at radius 3 is 2.39 bits per heavy atom. The molecule has 0 aliphatic rings. The van der Waals surface area contributed by atoms with Gasteiger partial charge in [-0.25, -0.2) is 12.7 Å². The van der Waals surface area contributed by atoms with E-state index in [9.17, 15) is 13.2 Å². The molecule has 0 bridgehead atoms. The normalized spacial score (nSPS) is 11.4. The van der Waals surface area contributed by atoms with Crippen LogP contribution in [0.5, 0.6) is 5.75 Å². The first-order valence-electron chi connectivity index (χ1n) is 5.17. The Labute approximate surface area is 107 Å². The highest BCUT2D eigenvalue weighted by Gasteiger charge is 2.19. The van der Waals surface area contributed by atoms with E-state index in [0.29, 0.717) is 11.4 Å². The van der Waals surface area contributed by atoms with Gasteiger partial charge in [0, 0.05) is 27.1 Å². The van der Waals surface area contributed by atoms with E-state index in [-0.39, 0.29) is 10.8 Å². The smallest absolute Gasteiger partial charge is 0.242 e. The van der Waals surface area contributed by atoms with E-state index in [1.807, 2.05) is 0 Å². The molecule has 0 saturated heterocycles. The number of hydrogen-bond donors (Lipinski definition) is 1. The van der Waals surface area contributed by atoms with Crippen LogP contribution in [0.15, 0.2) is 23.1 Å². The molecule has 0 saturated carbocycles. The van der Waals surface area contributed by atoms with Crippen LogP contribution in [0.25, 0.3) is 0 Å². The van der Waals surface area contributed by atoms with E-state index in [2.05, 4.69) is 5.32 Å². The predicted molar refractivity (Wildman–Crippen MR) is 68.2 cm³/mol.